The zero-order valence-electron chi connectivity index (χ0n) is 14.0. The van der Waals surface area contributed by atoms with E-state index >= 15 is 0 Å². The molecule has 4 nitrogen and oxygen atoms in total. The number of likely N-dealkylation sites (N-methyl/N-ethyl adjacent to an activating group) is 1. The van der Waals surface area contributed by atoms with Crippen LogP contribution in [0.2, 0.25) is 5.02 Å². The summed E-state index contributed by atoms with van der Waals surface area (Å²) in [6.45, 7) is 0.978. The average Bonchev–Trinajstić information content (AvgIpc) is 2.60. The zero-order valence-corrected chi connectivity index (χ0v) is 14.8. The molecule has 0 saturated carbocycles. The molecule has 0 spiro atoms. The first kappa shape index (κ1) is 16.1. The van der Waals surface area contributed by atoms with Gasteiger partial charge in [-0.3, -0.25) is 14.5 Å². The summed E-state index contributed by atoms with van der Waals surface area (Å²) < 4.78 is 0. The summed E-state index contributed by atoms with van der Waals surface area (Å²) in [5, 5.41) is 3.63. The van der Waals surface area contributed by atoms with Crippen LogP contribution in [-0.4, -0.2) is 48.8 Å². The number of rotatable bonds is 3. The fourth-order valence-electron chi connectivity index (χ4n) is 3.45. The Hall–Kier alpha value is -2.43. The Morgan fingerprint density at radius 1 is 0.920 bits per heavy atom. The van der Waals surface area contributed by atoms with Gasteiger partial charge < -0.3 is 4.90 Å². The topological polar surface area (TPSA) is 40.6 Å². The van der Waals surface area contributed by atoms with Crippen LogP contribution in [-0.2, 0) is 0 Å². The third-order valence-electron chi connectivity index (χ3n) is 4.69. The van der Waals surface area contributed by atoms with E-state index in [1.807, 2.05) is 55.4 Å². The number of carbonyl (C=O) groups excluding carboxylic acids is 2. The summed E-state index contributed by atoms with van der Waals surface area (Å²) in [6.07, 6.45) is 0. The van der Waals surface area contributed by atoms with Gasteiger partial charge in [-0.05, 0) is 25.5 Å². The van der Waals surface area contributed by atoms with E-state index in [2.05, 4.69) is 0 Å². The first-order valence-corrected chi connectivity index (χ1v) is 8.52. The van der Waals surface area contributed by atoms with Crippen molar-refractivity contribution in [2.45, 2.75) is 0 Å². The van der Waals surface area contributed by atoms with E-state index in [0.717, 1.165) is 16.2 Å². The van der Waals surface area contributed by atoms with Gasteiger partial charge in [0.05, 0.1) is 10.6 Å². The Bertz CT molecular complexity index is 1040. The van der Waals surface area contributed by atoms with E-state index in [4.69, 9.17) is 11.6 Å². The maximum atomic E-state index is 13.2. The van der Waals surface area contributed by atoms with Crippen molar-refractivity contribution in [2.75, 3.05) is 27.2 Å². The molecule has 4 rings (SSSR count). The van der Waals surface area contributed by atoms with Crippen LogP contribution < -0.4 is 0 Å². The number of hydrogen-bond acceptors (Lipinski definition) is 3. The van der Waals surface area contributed by atoms with Crippen LogP contribution in [0.3, 0.4) is 0 Å². The second kappa shape index (κ2) is 5.83. The third kappa shape index (κ3) is 2.33. The summed E-state index contributed by atoms with van der Waals surface area (Å²) in [7, 11) is 3.84. The first-order valence-electron chi connectivity index (χ1n) is 8.14. The molecule has 3 aromatic carbocycles. The molecule has 0 saturated heterocycles. The van der Waals surface area contributed by atoms with Crippen LogP contribution in [0.25, 0.3) is 21.5 Å². The fourth-order valence-corrected chi connectivity index (χ4v) is 3.78. The van der Waals surface area contributed by atoms with Crippen molar-refractivity contribution in [3.63, 3.8) is 0 Å². The lowest BCUT2D eigenvalue weighted by molar-refractivity contribution is 0.0602. The second-order valence-corrected chi connectivity index (χ2v) is 6.91. The number of fused-ring (bicyclic) bond motifs is 2. The summed E-state index contributed by atoms with van der Waals surface area (Å²) in [4.78, 5) is 29.4. The van der Waals surface area contributed by atoms with E-state index in [0.29, 0.717) is 34.6 Å². The van der Waals surface area contributed by atoms with Crippen molar-refractivity contribution in [3.05, 3.63) is 58.6 Å². The largest absolute Gasteiger partial charge is 0.308 e. The van der Waals surface area contributed by atoms with Crippen molar-refractivity contribution in [3.8, 4) is 0 Å². The van der Waals surface area contributed by atoms with Gasteiger partial charge in [-0.15, -0.1) is 0 Å². The number of amides is 2. The standard InChI is InChI=1S/C20H17ClN2O2/c1-22(2)10-11-23-19(24)15-9-5-8-14-16(15)17(20(23)25)12-6-3-4-7-13(12)18(14)21/h3-9H,10-11H2,1-2H3. The first-order chi connectivity index (χ1) is 12.0. The monoisotopic (exact) mass is 352 g/mol. The van der Waals surface area contributed by atoms with Gasteiger partial charge in [0.25, 0.3) is 11.8 Å². The van der Waals surface area contributed by atoms with Crippen LogP contribution in [0.1, 0.15) is 20.7 Å². The predicted molar refractivity (Wildman–Crippen MR) is 100 cm³/mol. The third-order valence-corrected chi connectivity index (χ3v) is 5.10. The Morgan fingerprint density at radius 3 is 2.32 bits per heavy atom. The zero-order chi connectivity index (χ0) is 17.7. The Morgan fingerprint density at radius 2 is 1.60 bits per heavy atom. The highest BCUT2D eigenvalue weighted by Gasteiger charge is 2.34. The molecule has 3 aromatic rings. The Labute approximate surface area is 150 Å². The highest BCUT2D eigenvalue weighted by molar-refractivity contribution is 6.44. The number of halogens is 1. The Balaban J connectivity index is 2.06. The van der Waals surface area contributed by atoms with E-state index in [1.165, 1.54) is 4.90 Å². The molecule has 5 heteroatoms. The van der Waals surface area contributed by atoms with Gasteiger partial charge >= 0.3 is 0 Å². The molecule has 0 aliphatic carbocycles. The minimum atomic E-state index is -0.253. The normalized spacial score (nSPS) is 14.2. The second-order valence-electron chi connectivity index (χ2n) is 6.53. The molecule has 1 heterocycles. The molecule has 0 fully saturated rings. The van der Waals surface area contributed by atoms with Crippen LogP contribution in [0.15, 0.2) is 42.5 Å². The smallest absolute Gasteiger partial charge is 0.262 e. The van der Waals surface area contributed by atoms with Crippen molar-refractivity contribution >= 4 is 45.0 Å². The van der Waals surface area contributed by atoms with Gasteiger partial charge in [0, 0.05) is 34.8 Å². The molecule has 2 amide bonds. The lowest BCUT2D eigenvalue weighted by Crippen LogP contribution is -2.43. The number of nitrogens with zero attached hydrogens (tertiary/aromatic N) is 2. The van der Waals surface area contributed by atoms with Gasteiger partial charge in [0.2, 0.25) is 0 Å². The molecule has 126 valence electrons. The molecular formula is C20H17ClN2O2. The molecule has 25 heavy (non-hydrogen) atoms. The van der Waals surface area contributed by atoms with Crippen LogP contribution in [0.5, 0.6) is 0 Å². The maximum Gasteiger partial charge on any atom is 0.262 e. The van der Waals surface area contributed by atoms with Crippen LogP contribution in [0, 0.1) is 0 Å². The molecule has 0 radical (unpaired) electrons. The number of hydrogen-bond donors (Lipinski definition) is 0. The van der Waals surface area contributed by atoms with Gasteiger partial charge in [0.15, 0.2) is 0 Å². The molecular weight excluding hydrogens is 336 g/mol. The predicted octanol–water partition coefficient (Wildman–Crippen LogP) is 3.80. The van der Waals surface area contributed by atoms with Gasteiger partial charge in [0.1, 0.15) is 0 Å². The molecule has 1 aliphatic rings. The maximum absolute atomic E-state index is 13.2. The molecule has 0 aromatic heterocycles. The van der Waals surface area contributed by atoms with E-state index < -0.39 is 0 Å². The lowest BCUT2D eigenvalue weighted by atomic mass is 9.89. The highest BCUT2D eigenvalue weighted by atomic mass is 35.5. The molecule has 0 unspecified atom stereocenters. The highest BCUT2D eigenvalue weighted by Crippen LogP contribution is 2.40. The Kier molecular flexibility index (Phi) is 3.74. The van der Waals surface area contributed by atoms with Crippen LogP contribution in [0.4, 0.5) is 0 Å². The van der Waals surface area contributed by atoms with Crippen molar-refractivity contribution in [1.29, 1.82) is 0 Å². The van der Waals surface area contributed by atoms with Crippen molar-refractivity contribution in [1.82, 2.24) is 9.80 Å². The summed E-state index contributed by atoms with van der Waals surface area (Å²) >= 11 is 6.59. The molecule has 0 bridgehead atoms. The summed E-state index contributed by atoms with van der Waals surface area (Å²) in [5.74, 6) is -0.500. The van der Waals surface area contributed by atoms with E-state index in [-0.39, 0.29) is 11.8 Å². The SMILES string of the molecule is CN(C)CCN1C(=O)c2cccc3c(Cl)c4ccccc4c(c23)C1=O. The lowest BCUT2D eigenvalue weighted by Gasteiger charge is -2.29. The van der Waals surface area contributed by atoms with E-state index in [1.54, 1.807) is 6.07 Å². The minimum Gasteiger partial charge on any atom is -0.308 e. The number of carbonyl (C=O) groups is 2. The van der Waals surface area contributed by atoms with Gasteiger partial charge in [-0.1, -0.05) is 48.0 Å². The van der Waals surface area contributed by atoms with Gasteiger partial charge in [-0.25, -0.2) is 0 Å². The summed E-state index contributed by atoms with van der Waals surface area (Å²) in [6, 6.07) is 13.1. The van der Waals surface area contributed by atoms with Gasteiger partial charge in [-0.2, -0.15) is 0 Å². The minimum absolute atomic E-state index is 0.247. The molecule has 1 aliphatic heterocycles. The van der Waals surface area contributed by atoms with Crippen molar-refractivity contribution in [2.24, 2.45) is 0 Å². The average molecular weight is 353 g/mol. The fraction of sp³-hybridized carbons (Fsp3) is 0.200. The quantitative estimate of drug-likeness (QED) is 0.531. The molecule has 0 atom stereocenters. The van der Waals surface area contributed by atoms with Crippen molar-refractivity contribution < 1.29 is 9.59 Å². The summed E-state index contributed by atoms with van der Waals surface area (Å²) in [5.41, 5.74) is 1.11. The number of benzene rings is 3. The molecule has 0 N–H and O–H groups in total. The number of imide groups is 1. The van der Waals surface area contributed by atoms with Crippen LogP contribution >= 0.6 is 11.6 Å². The van der Waals surface area contributed by atoms with E-state index in [9.17, 15) is 9.59 Å².